The molecule has 0 radical (unpaired) electrons. The lowest BCUT2D eigenvalue weighted by Crippen LogP contribution is -2.29. The molecule has 0 fully saturated rings. The SMILES string of the molecule is CCOc1ccc(-n2c(SCC(=O)NCCOC)nc3ccccc3c2=O)cc1. The zero-order valence-electron chi connectivity index (χ0n) is 16.4. The van der Waals surface area contributed by atoms with E-state index < -0.39 is 0 Å². The molecule has 2 aromatic carbocycles. The maximum atomic E-state index is 13.2. The minimum absolute atomic E-state index is 0.144. The number of fused-ring (bicyclic) bond motifs is 1. The maximum Gasteiger partial charge on any atom is 0.266 e. The highest BCUT2D eigenvalue weighted by atomic mass is 32.2. The van der Waals surface area contributed by atoms with E-state index in [9.17, 15) is 9.59 Å². The number of methoxy groups -OCH3 is 1. The number of nitrogens with zero attached hydrogens (tertiary/aromatic N) is 2. The molecule has 0 aliphatic heterocycles. The summed E-state index contributed by atoms with van der Waals surface area (Å²) in [6.07, 6.45) is 0. The number of nitrogens with one attached hydrogen (secondary N) is 1. The molecular weight excluding hydrogens is 390 g/mol. The molecular formula is C21H23N3O4S. The quantitative estimate of drug-likeness (QED) is 0.330. The fourth-order valence-electron chi connectivity index (χ4n) is 2.77. The highest BCUT2D eigenvalue weighted by molar-refractivity contribution is 7.99. The third-order valence-corrected chi connectivity index (χ3v) is 5.05. The second-order valence-electron chi connectivity index (χ2n) is 6.11. The fourth-order valence-corrected chi connectivity index (χ4v) is 3.61. The van der Waals surface area contributed by atoms with Gasteiger partial charge in [-0.05, 0) is 43.3 Å². The lowest BCUT2D eigenvalue weighted by Gasteiger charge is -2.14. The lowest BCUT2D eigenvalue weighted by molar-refractivity contribution is -0.118. The van der Waals surface area contributed by atoms with Crippen LogP contribution in [0.3, 0.4) is 0 Å². The molecule has 152 valence electrons. The van der Waals surface area contributed by atoms with Gasteiger partial charge in [-0.3, -0.25) is 14.2 Å². The van der Waals surface area contributed by atoms with E-state index in [1.165, 1.54) is 16.3 Å². The maximum absolute atomic E-state index is 13.2. The van der Waals surface area contributed by atoms with E-state index in [2.05, 4.69) is 10.3 Å². The summed E-state index contributed by atoms with van der Waals surface area (Å²) in [5.74, 6) is 0.725. The first kappa shape index (κ1) is 20.9. The first-order chi connectivity index (χ1) is 14.1. The molecule has 29 heavy (non-hydrogen) atoms. The Hall–Kier alpha value is -2.84. The Morgan fingerprint density at radius 2 is 1.93 bits per heavy atom. The molecule has 1 N–H and O–H groups in total. The highest BCUT2D eigenvalue weighted by Gasteiger charge is 2.15. The summed E-state index contributed by atoms with van der Waals surface area (Å²) >= 11 is 1.22. The molecule has 0 saturated heterocycles. The molecule has 1 amide bonds. The summed E-state index contributed by atoms with van der Waals surface area (Å²) in [4.78, 5) is 29.9. The Kier molecular flexibility index (Phi) is 7.26. The van der Waals surface area contributed by atoms with E-state index >= 15 is 0 Å². The molecule has 7 nitrogen and oxygen atoms in total. The van der Waals surface area contributed by atoms with Crippen molar-refractivity contribution in [2.45, 2.75) is 12.1 Å². The number of carbonyl (C=O) groups excluding carboxylic acids is 1. The third kappa shape index (κ3) is 5.16. The number of hydrogen-bond donors (Lipinski definition) is 1. The van der Waals surface area contributed by atoms with E-state index in [1.54, 1.807) is 19.2 Å². The van der Waals surface area contributed by atoms with Crippen molar-refractivity contribution >= 4 is 28.6 Å². The number of ether oxygens (including phenoxy) is 2. The van der Waals surface area contributed by atoms with Crippen molar-refractivity contribution in [3.8, 4) is 11.4 Å². The van der Waals surface area contributed by atoms with Crippen molar-refractivity contribution in [1.82, 2.24) is 14.9 Å². The Bertz CT molecular complexity index is 1030. The summed E-state index contributed by atoms with van der Waals surface area (Å²) in [6, 6.07) is 14.4. The standard InChI is InChI=1S/C21H23N3O4S/c1-3-28-16-10-8-15(9-11-16)24-20(26)17-6-4-5-7-18(17)23-21(24)29-14-19(25)22-12-13-27-2/h4-11H,3,12-14H2,1-2H3,(H,22,25). The highest BCUT2D eigenvalue weighted by Crippen LogP contribution is 2.22. The second kappa shape index (κ2) is 10.1. The monoisotopic (exact) mass is 413 g/mol. The minimum atomic E-state index is -0.179. The molecule has 0 atom stereocenters. The van der Waals surface area contributed by atoms with Gasteiger partial charge in [0.15, 0.2) is 5.16 Å². The van der Waals surface area contributed by atoms with Gasteiger partial charge in [0.05, 0.1) is 35.6 Å². The Balaban J connectivity index is 1.95. The first-order valence-electron chi connectivity index (χ1n) is 9.27. The first-order valence-corrected chi connectivity index (χ1v) is 10.3. The minimum Gasteiger partial charge on any atom is -0.494 e. The van der Waals surface area contributed by atoms with Crippen LogP contribution in [0.4, 0.5) is 0 Å². The van der Waals surface area contributed by atoms with Crippen LogP contribution in [0.1, 0.15) is 6.92 Å². The number of benzene rings is 2. The number of carbonyl (C=O) groups is 1. The Morgan fingerprint density at radius 3 is 2.66 bits per heavy atom. The Labute approximate surface area is 173 Å². The van der Waals surface area contributed by atoms with E-state index in [-0.39, 0.29) is 17.2 Å². The molecule has 0 bridgehead atoms. The van der Waals surface area contributed by atoms with E-state index in [0.29, 0.717) is 41.5 Å². The predicted molar refractivity (Wildman–Crippen MR) is 114 cm³/mol. The summed E-state index contributed by atoms with van der Waals surface area (Å²) in [5, 5.41) is 3.75. The van der Waals surface area contributed by atoms with Crippen LogP contribution in [-0.4, -0.2) is 48.1 Å². The van der Waals surface area contributed by atoms with Crippen LogP contribution < -0.4 is 15.6 Å². The largest absolute Gasteiger partial charge is 0.494 e. The van der Waals surface area contributed by atoms with Crippen LogP contribution in [0, 0.1) is 0 Å². The van der Waals surface area contributed by atoms with Gasteiger partial charge in [0.2, 0.25) is 5.91 Å². The molecule has 1 aromatic heterocycles. The van der Waals surface area contributed by atoms with Crippen molar-refractivity contribution in [2.24, 2.45) is 0 Å². The van der Waals surface area contributed by atoms with Crippen LogP contribution in [0.2, 0.25) is 0 Å². The van der Waals surface area contributed by atoms with Gasteiger partial charge < -0.3 is 14.8 Å². The van der Waals surface area contributed by atoms with Crippen LogP contribution in [0.15, 0.2) is 58.5 Å². The number of amides is 1. The van der Waals surface area contributed by atoms with Crippen LogP contribution in [-0.2, 0) is 9.53 Å². The van der Waals surface area contributed by atoms with Gasteiger partial charge in [0, 0.05) is 13.7 Å². The molecule has 0 spiro atoms. The number of rotatable bonds is 9. The average molecular weight is 413 g/mol. The topological polar surface area (TPSA) is 82.4 Å². The molecule has 0 unspecified atom stereocenters. The van der Waals surface area contributed by atoms with Gasteiger partial charge in [-0.1, -0.05) is 23.9 Å². The molecule has 0 aliphatic rings. The van der Waals surface area contributed by atoms with Gasteiger partial charge in [0.1, 0.15) is 5.75 Å². The summed E-state index contributed by atoms with van der Waals surface area (Å²) in [6.45, 7) is 3.36. The average Bonchev–Trinajstić information content (AvgIpc) is 2.74. The molecule has 8 heteroatoms. The van der Waals surface area contributed by atoms with Crippen LogP contribution >= 0.6 is 11.8 Å². The second-order valence-corrected chi connectivity index (χ2v) is 7.05. The molecule has 0 saturated carbocycles. The summed E-state index contributed by atoms with van der Waals surface area (Å²) in [7, 11) is 1.58. The molecule has 3 aromatic rings. The van der Waals surface area contributed by atoms with Gasteiger partial charge >= 0.3 is 0 Å². The smallest absolute Gasteiger partial charge is 0.266 e. The van der Waals surface area contributed by atoms with E-state index in [4.69, 9.17) is 9.47 Å². The van der Waals surface area contributed by atoms with Gasteiger partial charge in [-0.25, -0.2) is 4.98 Å². The van der Waals surface area contributed by atoms with Crippen molar-refractivity contribution < 1.29 is 14.3 Å². The van der Waals surface area contributed by atoms with Crippen molar-refractivity contribution in [3.63, 3.8) is 0 Å². The van der Waals surface area contributed by atoms with E-state index in [0.717, 1.165) is 5.75 Å². The van der Waals surface area contributed by atoms with E-state index in [1.807, 2.05) is 43.3 Å². The summed E-state index contributed by atoms with van der Waals surface area (Å²) in [5.41, 5.74) is 1.09. The van der Waals surface area contributed by atoms with Crippen molar-refractivity contribution in [2.75, 3.05) is 32.6 Å². The number of thioether (sulfide) groups is 1. The van der Waals surface area contributed by atoms with Gasteiger partial charge in [0.25, 0.3) is 5.56 Å². The van der Waals surface area contributed by atoms with Crippen LogP contribution in [0.25, 0.3) is 16.6 Å². The van der Waals surface area contributed by atoms with Crippen molar-refractivity contribution in [3.05, 3.63) is 58.9 Å². The van der Waals surface area contributed by atoms with Gasteiger partial charge in [-0.2, -0.15) is 0 Å². The van der Waals surface area contributed by atoms with Crippen molar-refractivity contribution in [1.29, 1.82) is 0 Å². The lowest BCUT2D eigenvalue weighted by atomic mass is 10.2. The zero-order chi connectivity index (χ0) is 20.6. The normalized spacial score (nSPS) is 10.8. The predicted octanol–water partition coefficient (Wildman–Crippen LogP) is 2.64. The Morgan fingerprint density at radius 1 is 1.17 bits per heavy atom. The summed E-state index contributed by atoms with van der Waals surface area (Å²) < 4.78 is 11.9. The molecule has 0 aliphatic carbocycles. The number of para-hydroxylation sites is 1. The fraction of sp³-hybridized carbons (Fsp3) is 0.286. The molecule has 3 rings (SSSR count). The van der Waals surface area contributed by atoms with Gasteiger partial charge in [-0.15, -0.1) is 0 Å². The molecule has 1 heterocycles. The van der Waals surface area contributed by atoms with Crippen LogP contribution in [0.5, 0.6) is 5.75 Å². The number of hydrogen-bond acceptors (Lipinski definition) is 6. The zero-order valence-corrected chi connectivity index (χ0v) is 17.2. The number of aromatic nitrogens is 2. The third-order valence-electron chi connectivity index (χ3n) is 4.11.